The predicted octanol–water partition coefficient (Wildman–Crippen LogP) is 0.160. The van der Waals surface area contributed by atoms with Gasteiger partial charge in [-0.1, -0.05) is 6.07 Å². The molecule has 0 aliphatic heterocycles. The average Bonchev–Trinajstić information content (AvgIpc) is 2.49. The summed E-state index contributed by atoms with van der Waals surface area (Å²) in [6, 6.07) is 7.82. The fourth-order valence-corrected chi connectivity index (χ4v) is 1.44. The van der Waals surface area contributed by atoms with E-state index in [1.54, 1.807) is 12.1 Å². The monoisotopic (exact) mass is 264 g/mol. The van der Waals surface area contributed by atoms with Crippen LogP contribution in [-0.2, 0) is 0 Å². The van der Waals surface area contributed by atoms with Crippen molar-refractivity contribution in [3.63, 3.8) is 0 Å². The topological polar surface area (TPSA) is 85.8 Å². The van der Waals surface area contributed by atoms with Crippen molar-refractivity contribution in [2.75, 3.05) is 13.2 Å². The number of aliphatic hydroxyl groups is 1. The van der Waals surface area contributed by atoms with E-state index in [4.69, 9.17) is 33.5 Å². The third kappa shape index (κ3) is 3.12. The van der Waals surface area contributed by atoms with Crippen molar-refractivity contribution in [1.82, 2.24) is 0 Å². The third-order valence-electron chi connectivity index (χ3n) is 2.29. The van der Waals surface area contributed by atoms with Crippen LogP contribution in [-0.4, -0.2) is 18.3 Å². The van der Waals surface area contributed by atoms with Crippen LogP contribution >= 0.6 is 0 Å². The van der Waals surface area contributed by atoms with Gasteiger partial charge in [0.1, 0.15) is 43.2 Å². The Bertz CT molecular complexity index is 766. The largest absolute Gasteiger partial charge is 0.526 e. The lowest BCUT2D eigenvalue weighted by Gasteiger charge is -2.04. The first-order valence-corrected chi connectivity index (χ1v) is 5.39. The van der Waals surface area contributed by atoms with Crippen LogP contribution in [0.5, 0.6) is 5.75 Å². The van der Waals surface area contributed by atoms with Gasteiger partial charge in [-0.15, -0.1) is 0 Å². The van der Waals surface area contributed by atoms with Gasteiger partial charge >= 0.3 is 5.82 Å². The second-order valence-corrected chi connectivity index (χ2v) is 3.43. The first-order chi connectivity index (χ1) is 9.71. The molecule has 0 aliphatic carbocycles. The van der Waals surface area contributed by atoms with E-state index >= 15 is 0 Å². The van der Waals surface area contributed by atoms with Crippen molar-refractivity contribution in [2.24, 2.45) is 0 Å². The fourth-order valence-electron chi connectivity index (χ4n) is 1.44. The summed E-state index contributed by atoms with van der Waals surface area (Å²) in [6.07, 6.45) is 0. The molecule has 0 bridgehead atoms. The van der Waals surface area contributed by atoms with E-state index in [0.717, 1.165) is 0 Å². The highest BCUT2D eigenvalue weighted by Gasteiger charge is 2.08. The number of nitrogens with zero attached hydrogens (tertiary/aromatic N) is 4. The van der Waals surface area contributed by atoms with Crippen LogP contribution in [0.1, 0.15) is 0 Å². The minimum Gasteiger partial charge on any atom is -0.491 e. The van der Waals surface area contributed by atoms with Gasteiger partial charge in [0.05, 0.1) is 11.8 Å². The van der Waals surface area contributed by atoms with Crippen molar-refractivity contribution in [1.29, 1.82) is 10.5 Å². The van der Waals surface area contributed by atoms with Crippen LogP contribution in [0.4, 0.5) is 0 Å². The molecule has 0 saturated carbocycles. The Morgan fingerprint density at radius 2 is 1.90 bits per heavy atom. The molecule has 0 aromatic heterocycles. The molecule has 0 spiro atoms. The maximum Gasteiger partial charge on any atom is 0.526 e. The Hall–Kier alpha value is -3.32. The first kappa shape index (κ1) is 14.7. The summed E-state index contributed by atoms with van der Waals surface area (Å²) in [4.78, 5) is 6.17. The van der Waals surface area contributed by atoms with E-state index in [1.165, 1.54) is 18.2 Å². The van der Waals surface area contributed by atoms with Crippen molar-refractivity contribution >= 4 is 11.4 Å². The molecule has 20 heavy (non-hydrogen) atoms. The Morgan fingerprint density at radius 3 is 2.40 bits per heavy atom. The predicted molar refractivity (Wildman–Crippen MR) is 69.5 cm³/mol. The number of rotatable bonds is 3. The minimum absolute atomic E-state index is 0.0219. The molecule has 0 fully saturated rings. The molecule has 0 unspecified atom stereocenters. The van der Waals surface area contributed by atoms with Gasteiger partial charge in [-0.3, -0.25) is 0 Å². The molecule has 6 nitrogen and oxygen atoms in total. The summed E-state index contributed by atoms with van der Waals surface area (Å²) >= 11 is 0. The molecule has 0 aliphatic rings. The van der Waals surface area contributed by atoms with Gasteiger partial charge < -0.3 is 9.84 Å². The number of hydrogen-bond donors (Lipinski definition) is 1. The van der Waals surface area contributed by atoms with E-state index in [2.05, 4.69) is 9.69 Å². The lowest BCUT2D eigenvalue weighted by atomic mass is 10.1. The smallest absolute Gasteiger partial charge is 0.491 e. The van der Waals surface area contributed by atoms with E-state index in [9.17, 15) is 0 Å². The Morgan fingerprint density at radius 1 is 1.25 bits per heavy atom. The Kier molecular flexibility index (Phi) is 5.30. The average molecular weight is 264 g/mol. The number of hydrogen-bond acceptors (Lipinski definition) is 4. The Labute approximate surface area is 115 Å². The molecule has 1 aromatic carbocycles. The van der Waals surface area contributed by atoms with Crippen LogP contribution in [0.25, 0.3) is 21.1 Å². The van der Waals surface area contributed by atoms with Crippen LogP contribution in [0, 0.1) is 35.8 Å². The summed E-state index contributed by atoms with van der Waals surface area (Å²) in [5.74, 6) is 0.0420. The second-order valence-electron chi connectivity index (χ2n) is 3.43. The van der Waals surface area contributed by atoms with Gasteiger partial charge in [-0.2, -0.15) is 20.2 Å². The van der Waals surface area contributed by atoms with E-state index < -0.39 is 0 Å². The molecule has 96 valence electrons. The molecule has 1 rings (SSSR count). The second kappa shape index (κ2) is 7.19. The lowest BCUT2D eigenvalue weighted by molar-refractivity contribution is 0.200. The summed E-state index contributed by atoms with van der Waals surface area (Å²) in [5, 5.41) is 27.1. The standard InChI is InChI=1S/C14H8N4O2/c1-17-14(18-2)10-3-4-12(11(8-15)9-16)13(7-10)20-6-5-19/h3-4,7,19H,5-6H2. The SMILES string of the molecule is [C-]#[N+]C([N+]#[C-])=c1ccc(=C(C#N)C#N)c(OCCO)c1. The van der Waals surface area contributed by atoms with Crippen LogP contribution < -0.4 is 15.2 Å². The molecule has 0 heterocycles. The first-order valence-electron chi connectivity index (χ1n) is 5.39. The maximum absolute atomic E-state index is 8.88. The number of ether oxygens (including phenoxy) is 1. The van der Waals surface area contributed by atoms with Crippen molar-refractivity contribution in [3.05, 3.63) is 51.5 Å². The highest BCUT2D eigenvalue weighted by Crippen LogP contribution is 2.04. The van der Waals surface area contributed by atoms with Crippen molar-refractivity contribution in [2.45, 2.75) is 0 Å². The summed E-state index contributed by atoms with van der Waals surface area (Å²) in [7, 11) is 0. The Balaban J connectivity index is 3.71. The summed E-state index contributed by atoms with van der Waals surface area (Å²) in [6.45, 7) is 13.5. The molecule has 1 N–H and O–H groups in total. The van der Waals surface area contributed by atoms with E-state index in [1.807, 2.05) is 0 Å². The van der Waals surface area contributed by atoms with Crippen molar-refractivity contribution in [3.8, 4) is 17.9 Å². The molecule has 0 amide bonds. The minimum atomic E-state index is -0.236. The number of aliphatic hydroxyl groups excluding tert-OH is 1. The molecule has 6 heteroatoms. The zero-order chi connectivity index (χ0) is 15.0. The third-order valence-corrected chi connectivity index (χ3v) is 2.29. The molecule has 0 saturated heterocycles. The molecular weight excluding hydrogens is 256 g/mol. The number of benzene rings is 1. The molecule has 0 atom stereocenters. The molecule has 1 aromatic rings. The van der Waals surface area contributed by atoms with Gasteiger partial charge in [-0.05, 0) is 12.1 Å². The zero-order valence-corrected chi connectivity index (χ0v) is 10.3. The summed E-state index contributed by atoms with van der Waals surface area (Å²) < 4.78 is 5.26. The molecule has 0 radical (unpaired) electrons. The van der Waals surface area contributed by atoms with E-state index in [-0.39, 0.29) is 35.6 Å². The van der Waals surface area contributed by atoms with Gasteiger partial charge in [0.2, 0.25) is 0 Å². The van der Waals surface area contributed by atoms with Gasteiger partial charge in [0.15, 0.2) is 0 Å². The highest BCUT2D eigenvalue weighted by atomic mass is 16.5. The van der Waals surface area contributed by atoms with Crippen LogP contribution in [0.2, 0.25) is 0 Å². The van der Waals surface area contributed by atoms with Crippen LogP contribution in [0.15, 0.2) is 18.2 Å². The highest BCUT2D eigenvalue weighted by molar-refractivity contribution is 5.74. The van der Waals surface area contributed by atoms with Crippen LogP contribution in [0.3, 0.4) is 0 Å². The molecular formula is C14H8N4O2. The quantitative estimate of drug-likeness (QED) is 0.788. The van der Waals surface area contributed by atoms with Gasteiger partial charge in [-0.25, -0.2) is 0 Å². The summed E-state index contributed by atoms with van der Waals surface area (Å²) in [5.41, 5.74) is -0.142. The van der Waals surface area contributed by atoms with E-state index in [0.29, 0.717) is 5.22 Å². The maximum atomic E-state index is 8.88. The van der Waals surface area contributed by atoms with Crippen molar-refractivity contribution < 1.29 is 9.84 Å². The zero-order valence-electron chi connectivity index (χ0n) is 10.3. The van der Waals surface area contributed by atoms with Gasteiger partial charge in [0.25, 0.3) is 0 Å². The lowest BCUT2D eigenvalue weighted by Crippen LogP contribution is -2.17. The van der Waals surface area contributed by atoms with Gasteiger partial charge in [0, 0.05) is 5.22 Å². The number of nitriles is 2. The normalized spacial score (nSPS) is 8.45. The fraction of sp³-hybridized carbons (Fsp3) is 0.143.